The number of benzene rings is 3. The molecule has 3 amide bonds. The first-order valence-corrected chi connectivity index (χ1v) is 10.00. The molecule has 3 rings (SSSR count). The Morgan fingerprint density at radius 1 is 0.781 bits per heavy atom. The Balaban J connectivity index is 1.66. The fourth-order valence-corrected chi connectivity index (χ4v) is 3.16. The Hall–Kier alpha value is -4.26. The highest BCUT2D eigenvalue weighted by atomic mass is 16.2. The molecule has 3 aromatic carbocycles. The van der Waals surface area contributed by atoms with Gasteiger partial charge in [0.15, 0.2) is 5.78 Å². The molecule has 0 aliphatic rings. The van der Waals surface area contributed by atoms with E-state index >= 15 is 0 Å². The zero-order valence-corrected chi connectivity index (χ0v) is 17.5. The summed E-state index contributed by atoms with van der Waals surface area (Å²) in [5, 5.41) is 5.25. The zero-order valence-electron chi connectivity index (χ0n) is 17.5. The van der Waals surface area contributed by atoms with E-state index in [1.54, 1.807) is 72.8 Å². The van der Waals surface area contributed by atoms with Gasteiger partial charge in [-0.3, -0.25) is 19.2 Å². The summed E-state index contributed by atoms with van der Waals surface area (Å²) in [6.45, 7) is 1.39. The summed E-state index contributed by atoms with van der Waals surface area (Å²) in [5.41, 5.74) is 8.24. The molecule has 0 heterocycles. The molecular formula is C25H23N3O4. The maximum atomic E-state index is 12.5. The minimum absolute atomic E-state index is 0.0976. The van der Waals surface area contributed by atoms with Crippen molar-refractivity contribution in [3.05, 3.63) is 101 Å². The van der Waals surface area contributed by atoms with E-state index in [1.165, 1.54) is 6.92 Å². The van der Waals surface area contributed by atoms with Crippen LogP contribution in [-0.4, -0.2) is 29.5 Å². The molecule has 0 unspecified atom stereocenters. The van der Waals surface area contributed by atoms with Crippen LogP contribution >= 0.6 is 0 Å². The number of amides is 3. The van der Waals surface area contributed by atoms with Crippen LogP contribution in [0.1, 0.15) is 38.8 Å². The Morgan fingerprint density at radius 3 is 1.91 bits per heavy atom. The van der Waals surface area contributed by atoms with E-state index in [0.717, 1.165) is 5.56 Å². The summed E-state index contributed by atoms with van der Waals surface area (Å²) in [6.07, 6.45) is 0.185. The Labute approximate surface area is 185 Å². The number of carbonyl (C=O) groups excluding carboxylic acids is 4. The van der Waals surface area contributed by atoms with E-state index in [1.807, 2.05) is 6.07 Å². The van der Waals surface area contributed by atoms with Crippen LogP contribution < -0.4 is 16.4 Å². The van der Waals surface area contributed by atoms with Gasteiger partial charge in [0.2, 0.25) is 11.8 Å². The molecule has 0 aliphatic heterocycles. The van der Waals surface area contributed by atoms with Crippen LogP contribution in [0.3, 0.4) is 0 Å². The first kappa shape index (κ1) is 22.4. The minimum Gasteiger partial charge on any atom is -0.368 e. The van der Waals surface area contributed by atoms with Crippen LogP contribution in [0.25, 0.3) is 0 Å². The predicted molar refractivity (Wildman–Crippen MR) is 121 cm³/mol. The first-order chi connectivity index (χ1) is 15.3. The molecule has 32 heavy (non-hydrogen) atoms. The smallest absolute Gasteiger partial charge is 0.251 e. The van der Waals surface area contributed by atoms with Gasteiger partial charge in [0.25, 0.3) is 5.91 Å². The lowest BCUT2D eigenvalue weighted by atomic mass is 9.99. The molecular weight excluding hydrogens is 406 g/mol. The van der Waals surface area contributed by atoms with Crippen molar-refractivity contribution in [3.63, 3.8) is 0 Å². The summed E-state index contributed by atoms with van der Waals surface area (Å²) < 4.78 is 0. The molecule has 0 saturated carbocycles. The summed E-state index contributed by atoms with van der Waals surface area (Å²) in [6, 6.07) is 21.1. The molecule has 162 valence electrons. The topological polar surface area (TPSA) is 118 Å². The second-order valence-electron chi connectivity index (χ2n) is 7.28. The summed E-state index contributed by atoms with van der Waals surface area (Å²) in [7, 11) is 0. The Morgan fingerprint density at radius 2 is 1.34 bits per heavy atom. The van der Waals surface area contributed by atoms with Crippen molar-refractivity contribution in [1.82, 2.24) is 5.32 Å². The normalized spacial score (nSPS) is 11.3. The van der Waals surface area contributed by atoms with Gasteiger partial charge in [-0.25, -0.2) is 0 Å². The molecule has 0 aliphatic carbocycles. The van der Waals surface area contributed by atoms with Gasteiger partial charge in [0.1, 0.15) is 6.04 Å². The number of hydrogen-bond acceptors (Lipinski definition) is 4. The van der Waals surface area contributed by atoms with E-state index in [2.05, 4.69) is 10.6 Å². The van der Waals surface area contributed by atoms with E-state index < -0.39 is 17.9 Å². The van der Waals surface area contributed by atoms with Gasteiger partial charge in [-0.15, -0.1) is 0 Å². The Kier molecular flexibility index (Phi) is 7.13. The second kappa shape index (κ2) is 10.2. The van der Waals surface area contributed by atoms with Crippen molar-refractivity contribution in [3.8, 4) is 0 Å². The summed E-state index contributed by atoms with van der Waals surface area (Å²) in [4.78, 5) is 48.1. The summed E-state index contributed by atoms with van der Waals surface area (Å²) >= 11 is 0. The molecule has 4 N–H and O–H groups in total. The molecule has 1 atom stereocenters. The number of nitrogens with two attached hydrogens (primary N) is 1. The van der Waals surface area contributed by atoms with Gasteiger partial charge < -0.3 is 16.4 Å². The van der Waals surface area contributed by atoms with Gasteiger partial charge in [-0.1, -0.05) is 54.6 Å². The van der Waals surface area contributed by atoms with Crippen molar-refractivity contribution in [1.29, 1.82) is 0 Å². The van der Waals surface area contributed by atoms with Crippen LogP contribution in [0, 0.1) is 0 Å². The van der Waals surface area contributed by atoms with Gasteiger partial charge in [0.05, 0.1) is 0 Å². The van der Waals surface area contributed by atoms with Crippen LogP contribution in [0.5, 0.6) is 0 Å². The lowest BCUT2D eigenvalue weighted by Gasteiger charge is -2.16. The first-order valence-electron chi connectivity index (χ1n) is 10.00. The average molecular weight is 429 g/mol. The number of hydrogen-bond donors (Lipinski definition) is 3. The Bertz CT molecular complexity index is 1120. The third-order valence-corrected chi connectivity index (χ3v) is 4.81. The quantitative estimate of drug-likeness (QED) is 0.477. The van der Waals surface area contributed by atoms with Gasteiger partial charge in [-0.05, 0) is 29.8 Å². The van der Waals surface area contributed by atoms with Gasteiger partial charge >= 0.3 is 0 Å². The molecule has 0 aromatic heterocycles. The molecule has 7 heteroatoms. The molecule has 0 saturated heterocycles. The van der Waals surface area contributed by atoms with Gasteiger partial charge in [0, 0.05) is 35.7 Å². The molecule has 0 radical (unpaired) electrons. The van der Waals surface area contributed by atoms with Crippen molar-refractivity contribution >= 4 is 29.2 Å². The maximum Gasteiger partial charge on any atom is 0.251 e. The van der Waals surface area contributed by atoms with E-state index in [4.69, 9.17) is 5.73 Å². The second-order valence-corrected chi connectivity index (χ2v) is 7.28. The number of primary amides is 1. The predicted octanol–water partition coefficient (Wildman–Crippen LogP) is 2.70. The highest BCUT2D eigenvalue weighted by Gasteiger charge is 2.20. The number of nitrogens with one attached hydrogen (secondary N) is 2. The van der Waals surface area contributed by atoms with Crippen LogP contribution in [0.15, 0.2) is 78.9 Å². The maximum absolute atomic E-state index is 12.5. The van der Waals surface area contributed by atoms with E-state index in [0.29, 0.717) is 22.4 Å². The third kappa shape index (κ3) is 5.89. The highest BCUT2D eigenvalue weighted by molar-refractivity contribution is 6.09. The number of anilines is 1. The SMILES string of the molecule is CC(=O)Nc1ccc(C(=O)N[C@@H](Cc2ccc(C(=O)c3ccccc3)cc2)C(N)=O)cc1. The third-order valence-electron chi connectivity index (χ3n) is 4.81. The van der Waals surface area contributed by atoms with Crippen molar-refractivity contribution in [2.24, 2.45) is 5.73 Å². The summed E-state index contributed by atoms with van der Waals surface area (Å²) in [5.74, 6) is -1.44. The number of ketones is 1. The highest BCUT2D eigenvalue weighted by Crippen LogP contribution is 2.13. The van der Waals surface area contributed by atoms with Crippen molar-refractivity contribution in [2.75, 3.05) is 5.32 Å². The van der Waals surface area contributed by atoms with E-state index in [-0.39, 0.29) is 18.1 Å². The molecule has 0 bridgehead atoms. The van der Waals surface area contributed by atoms with Crippen LogP contribution in [-0.2, 0) is 16.0 Å². The minimum atomic E-state index is -0.923. The molecule has 7 nitrogen and oxygen atoms in total. The van der Waals surface area contributed by atoms with E-state index in [9.17, 15) is 19.2 Å². The lowest BCUT2D eigenvalue weighted by molar-refractivity contribution is -0.119. The van der Waals surface area contributed by atoms with Gasteiger partial charge in [-0.2, -0.15) is 0 Å². The largest absolute Gasteiger partial charge is 0.368 e. The average Bonchev–Trinajstić information content (AvgIpc) is 2.79. The monoisotopic (exact) mass is 429 g/mol. The molecule has 0 fully saturated rings. The number of rotatable bonds is 8. The van der Waals surface area contributed by atoms with Crippen LogP contribution in [0.4, 0.5) is 5.69 Å². The molecule has 3 aromatic rings. The van der Waals surface area contributed by atoms with Crippen molar-refractivity contribution < 1.29 is 19.2 Å². The standard InChI is InChI=1S/C25H23N3O4/c1-16(29)27-21-13-11-20(12-14-21)25(32)28-22(24(26)31)15-17-7-9-19(10-8-17)23(30)18-5-3-2-4-6-18/h2-14,22H,15H2,1H3,(H2,26,31)(H,27,29)(H,28,32)/t22-/m0/s1. The lowest BCUT2D eigenvalue weighted by Crippen LogP contribution is -2.45. The zero-order chi connectivity index (χ0) is 23.1. The number of carbonyl (C=O) groups is 4. The fourth-order valence-electron chi connectivity index (χ4n) is 3.16. The van der Waals surface area contributed by atoms with Crippen LogP contribution in [0.2, 0.25) is 0 Å². The van der Waals surface area contributed by atoms with Crippen molar-refractivity contribution in [2.45, 2.75) is 19.4 Å². The molecule has 0 spiro atoms. The fraction of sp³-hybridized carbons (Fsp3) is 0.120.